The van der Waals surface area contributed by atoms with Gasteiger partial charge in [0, 0.05) is 5.56 Å². The summed E-state index contributed by atoms with van der Waals surface area (Å²) in [5.74, 6) is -1.93. The maximum atomic E-state index is 13.1. The van der Waals surface area contributed by atoms with Crippen LogP contribution in [-0.2, 0) is 6.54 Å². The van der Waals surface area contributed by atoms with E-state index in [4.69, 9.17) is 4.42 Å². The number of halogens is 3. The van der Waals surface area contributed by atoms with E-state index >= 15 is 0 Å². The Morgan fingerprint density at radius 1 is 1.00 bits per heavy atom. The molecule has 2 heterocycles. The normalized spacial score (nSPS) is 13.4. The van der Waals surface area contributed by atoms with Gasteiger partial charge in [-0.3, -0.25) is 14.4 Å². The van der Waals surface area contributed by atoms with E-state index < -0.39 is 37.0 Å². The molecule has 4 rings (SSSR count). The number of fused-ring (bicyclic) bond motifs is 1. The lowest BCUT2D eigenvalue weighted by Crippen LogP contribution is -2.38. The number of carbonyl (C=O) groups excluding carboxylic acids is 3. The Balaban J connectivity index is 1.68. The molecule has 9 heteroatoms. The Kier molecular flexibility index (Phi) is 5.57. The monoisotopic (exact) mass is 456 g/mol. The zero-order valence-electron chi connectivity index (χ0n) is 17.8. The summed E-state index contributed by atoms with van der Waals surface area (Å²) in [6, 6.07) is 12.0. The van der Waals surface area contributed by atoms with Gasteiger partial charge in [0.05, 0.1) is 29.6 Å². The Morgan fingerprint density at radius 3 is 2.39 bits per heavy atom. The second kappa shape index (κ2) is 8.23. The van der Waals surface area contributed by atoms with Crippen molar-refractivity contribution < 1.29 is 32.0 Å². The molecule has 0 fully saturated rings. The number of amides is 3. The maximum absolute atomic E-state index is 13.1. The van der Waals surface area contributed by atoms with Crippen molar-refractivity contribution in [2.24, 2.45) is 0 Å². The van der Waals surface area contributed by atoms with E-state index in [1.807, 2.05) is 13.0 Å². The van der Waals surface area contributed by atoms with Crippen LogP contribution in [0.25, 0.3) is 0 Å². The average Bonchev–Trinajstić information content (AvgIpc) is 3.34. The molecule has 0 spiro atoms. The largest absolute Gasteiger partial charge is 0.467 e. The molecule has 1 aromatic heterocycles. The van der Waals surface area contributed by atoms with E-state index in [-0.39, 0.29) is 22.5 Å². The lowest BCUT2D eigenvalue weighted by molar-refractivity contribution is -0.142. The summed E-state index contributed by atoms with van der Waals surface area (Å²) < 4.78 is 44.5. The van der Waals surface area contributed by atoms with Crippen molar-refractivity contribution >= 4 is 23.4 Å². The van der Waals surface area contributed by atoms with Gasteiger partial charge < -0.3 is 9.32 Å². The summed E-state index contributed by atoms with van der Waals surface area (Å²) in [5, 5.41) is 0. The fourth-order valence-corrected chi connectivity index (χ4v) is 3.74. The SMILES string of the molecule is Cc1ccc(C)c(N2C(=O)c3ccc(C(=O)N(Cc4ccco4)CC(F)(F)F)cc3C2=O)c1. The highest BCUT2D eigenvalue weighted by Crippen LogP contribution is 2.32. The van der Waals surface area contributed by atoms with Crippen LogP contribution < -0.4 is 4.90 Å². The Morgan fingerprint density at radius 2 is 1.73 bits per heavy atom. The lowest BCUT2D eigenvalue weighted by atomic mass is 10.0. The molecule has 1 aliphatic heterocycles. The van der Waals surface area contributed by atoms with E-state index in [1.54, 1.807) is 19.1 Å². The third-order valence-corrected chi connectivity index (χ3v) is 5.32. The first-order valence-corrected chi connectivity index (χ1v) is 10.0. The van der Waals surface area contributed by atoms with Gasteiger partial charge in [-0.15, -0.1) is 0 Å². The van der Waals surface area contributed by atoms with Crippen molar-refractivity contribution in [3.05, 3.63) is 88.4 Å². The van der Waals surface area contributed by atoms with Crippen LogP contribution in [0.2, 0.25) is 0 Å². The zero-order chi connectivity index (χ0) is 23.9. The first-order chi connectivity index (χ1) is 15.5. The number of alkyl halides is 3. The van der Waals surface area contributed by atoms with Crippen LogP contribution in [0.3, 0.4) is 0 Å². The van der Waals surface area contributed by atoms with Crippen molar-refractivity contribution in [2.75, 3.05) is 11.4 Å². The smallest absolute Gasteiger partial charge is 0.406 e. The number of nitrogens with zero attached hydrogens (tertiary/aromatic N) is 2. The maximum Gasteiger partial charge on any atom is 0.406 e. The van der Waals surface area contributed by atoms with Gasteiger partial charge in [0.2, 0.25) is 0 Å². The Hall–Kier alpha value is -3.88. The summed E-state index contributed by atoms with van der Waals surface area (Å²) in [5.41, 5.74) is 1.91. The highest BCUT2D eigenvalue weighted by atomic mass is 19.4. The lowest BCUT2D eigenvalue weighted by Gasteiger charge is -2.23. The standard InChI is InChI=1S/C24H19F3N2O4/c1-14-5-6-15(2)20(10-14)29-22(31)18-8-7-16(11-19(18)23(29)32)21(30)28(13-24(25,26)27)12-17-4-3-9-33-17/h3-11H,12-13H2,1-2H3. The number of anilines is 1. The molecule has 6 nitrogen and oxygen atoms in total. The molecule has 33 heavy (non-hydrogen) atoms. The number of hydrogen-bond acceptors (Lipinski definition) is 4. The molecule has 0 bridgehead atoms. The Bertz CT molecular complexity index is 1250. The number of hydrogen-bond donors (Lipinski definition) is 0. The van der Waals surface area contributed by atoms with E-state index in [2.05, 4.69) is 0 Å². The second-order valence-electron chi connectivity index (χ2n) is 7.85. The topological polar surface area (TPSA) is 70.8 Å². The summed E-state index contributed by atoms with van der Waals surface area (Å²) in [7, 11) is 0. The molecule has 3 amide bonds. The number of furan rings is 1. The van der Waals surface area contributed by atoms with Crippen LogP contribution in [-0.4, -0.2) is 35.3 Å². The molecular formula is C24H19F3N2O4. The minimum atomic E-state index is -4.63. The quantitative estimate of drug-likeness (QED) is 0.512. The summed E-state index contributed by atoms with van der Waals surface area (Å²) in [6.45, 7) is 1.69. The minimum absolute atomic E-state index is 0.0308. The highest BCUT2D eigenvalue weighted by Gasteiger charge is 2.39. The highest BCUT2D eigenvalue weighted by molar-refractivity contribution is 6.35. The number of benzene rings is 2. The number of imide groups is 1. The molecule has 1 aliphatic rings. The van der Waals surface area contributed by atoms with Gasteiger partial charge in [-0.05, 0) is 61.4 Å². The van der Waals surface area contributed by atoms with Crippen molar-refractivity contribution in [1.29, 1.82) is 0 Å². The van der Waals surface area contributed by atoms with Crippen molar-refractivity contribution in [1.82, 2.24) is 4.90 Å². The second-order valence-corrected chi connectivity index (χ2v) is 7.85. The van der Waals surface area contributed by atoms with E-state index in [0.29, 0.717) is 16.2 Å². The van der Waals surface area contributed by atoms with Gasteiger partial charge in [0.1, 0.15) is 12.3 Å². The fourth-order valence-electron chi connectivity index (χ4n) is 3.74. The van der Waals surface area contributed by atoms with E-state index in [9.17, 15) is 27.6 Å². The molecule has 0 N–H and O–H groups in total. The molecule has 0 saturated heterocycles. The van der Waals surface area contributed by atoms with Gasteiger partial charge in [-0.2, -0.15) is 13.2 Å². The van der Waals surface area contributed by atoms with Crippen molar-refractivity contribution in [3.8, 4) is 0 Å². The average molecular weight is 456 g/mol. The van der Waals surface area contributed by atoms with Crippen LogP contribution in [0.15, 0.2) is 59.2 Å². The molecule has 0 radical (unpaired) electrons. The van der Waals surface area contributed by atoms with Gasteiger partial charge in [-0.1, -0.05) is 12.1 Å². The van der Waals surface area contributed by atoms with Crippen LogP contribution in [0.1, 0.15) is 48.0 Å². The fraction of sp³-hybridized carbons (Fsp3) is 0.208. The van der Waals surface area contributed by atoms with Crippen LogP contribution >= 0.6 is 0 Å². The molecule has 2 aromatic carbocycles. The number of rotatable bonds is 5. The third kappa shape index (κ3) is 4.39. The predicted molar refractivity (Wildman–Crippen MR) is 113 cm³/mol. The predicted octanol–water partition coefficient (Wildman–Crippen LogP) is 4.90. The first kappa shape index (κ1) is 22.3. The van der Waals surface area contributed by atoms with Crippen LogP contribution in [0, 0.1) is 13.8 Å². The van der Waals surface area contributed by atoms with Crippen LogP contribution in [0.4, 0.5) is 18.9 Å². The molecule has 170 valence electrons. The van der Waals surface area contributed by atoms with Gasteiger partial charge in [0.15, 0.2) is 0 Å². The van der Waals surface area contributed by atoms with E-state index in [0.717, 1.165) is 10.5 Å². The molecule has 3 aromatic rings. The van der Waals surface area contributed by atoms with Crippen LogP contribution in [0.5, 0.6) is 0 Å². The molecule has 0 saturated carbocycles. The summed E-state index contributed by atoms with van der Waals surface area (Å²) in [4.78, 5) is 40.6. The third-order valence-electron chi connectivity index (χ3n) is 5.32. The summed E-state index contributed by atoms with van der Waals surface area (Å²) >= 11 is 0. The van der Waals surface area contributed by atoms with Gasteiger partial charge in [0.25, 0.3) is 17.7 Å². The summed E-state index contributed by atoms with van der Waals surface area (Å²) in [6.07, 6.45) is -3.34. The Labute approximate surface area is 187 Å². The van der Waals surface area contributed by atoms with Crippen molar-refractivity contribution in [2.45, 2.75) is 26.6 Å². The molecule has 0 atom stereocenters. The van der Waals surface area contributed by atoms with E-state index in [1.165, 1.54) is 36.6 Å². The minimum Gasteiger partial charge on any atom is -0.467 e. The molecule has 0 unspecified atom stereocenters. The van der Waals surface area contributed by atoms with Gasteiger partial charge in [-0.25, -0.2) is 4.90 Å². The van der Waals surface area contributed by atoms with Gasteiger partial charge >= 0.3 is 6.18 Å². The number of aryl methyl sites for hydroxylation is 2. The molecule has 0 aliphatic carbocycles. The zero-order valence-corrected chi connectivity index (χ0v) is 17.8. The number of carbonyl (C=O) groups is 3. The first-order valence-electron chi connectivity index (χ1n) is 10.0. The molecular weight excluding hydrogens is 437 g/mol. The van der Waals surface area contributed by atoms with Crippen molar-refractivity contribution in [3.63, 3.8) is 0 Å².